The molecule has 152 valence electrons. The summed E-state index contributed by atoms with van der Waals surface area (Å²) in [6.07, 6.45) is 5.88. The van der Waals surface area contributed by atoms with Crippen molar-refractivity contribution in [2.24, 2.45) is 17.6 Å². The van der Waals surface area contributed by atoms with Crippen LogP contribution in [0.5, 0.6) is 0 Å². The molecule has 1 saturated carbocycles. The van der Waals surface area contributed by atoms with Gasteiger partial charge in [-0.15, -0.1) is 11.3 Å². The first-order valence-corrected chi connectivity index (χ1v) is 11.4. The van der Waals surface area contributed by atoms with Crippen molar-refractivity contribution in [3.05, 3.63) is 70.6 Å². The third kappa shape index (κ3) is 4.24. The van der Waals surface area contributed by atoms with Crippen LogP contribution in [0.15, 0.2) is 54.6 Å². The number of nitrogens with two attached hydrogens (primary N) is 1. The fraction of sp³-hybridized carbons (Fsp3) is 0.400. The first-order valence-electron chi connectivity index (χ1n) is 10.6. The van der Waals surface area contributed by atoms with Gasteiger partial charge >= 0.3 is 0 Å². The molecule has 0 aliphatic heterocycles. The predicted octanol–water partition coefficient (Wildman–Crippen LogP) is 5.65. The molecule has 1 atom stereocenters. The molecular formula is C25H30N2OS. The molecule has 4 rings (SSSR count). The fourth-order valence-electron chi connectivity index (χ4n) is 5.12. The topological polar surface area (TPSA) is 46.3 Å². The van der Waals surface area contributed by atoms with E-state index in [1.165, 1.54) is 40.8 Å². The van der Waals surface area contributed by atoms with E-state index in [9.17, 15) is 4.79 Å². The molecule has 1 unspecified atom stereocenters. The van der Waals surface area contributed by atoms with Crippen molar-refractivity contribution < 1.29 is 4.79 Å². The smallest absolute Gasteiger partial charge is 0.250 e. The van der Waals surface area contributed by atoms with Gasteiger partial charge in [0.05, 0.1) is 5.56 Å². The van der Waals surface area contributed by atoms with Gasteiger partial charge in [0.15, 0.2) is 0 Å². The van der Waals surface area contributed by atoms with Gasteiger partial charge in [-0.05, 0) is 69.7 Å². The van der Waals surface area contributed by atoms with Crippen LogP contribution < -0.4 is 5.73 Å². The summed E-state index contributed by atoms with van der Waals surface area (Å²) in [6.45, 7) is 0. The first kappa shape index (κ1) is 20.1. The number of carbonyl (C=O) groups is 1. The van der Waals surface area contributed by atoms with Crippen LogP contribution in [-0.2, 0) is 6.42 Å². The Morgan fingerprint density at radius 1 is 1.03 bits per heavy atom. The minimum absolute atomic E-state index is 0.289. The third-order valence-corrected chi connectivity index (χ3v) is 7.62. The Morgan fingerprint density at radius 3 is 2.34 bits per heavy atom. The Hall–Kier alpha value is -2.17. The summed E-state index contributed by atoms with van der Waals surface area (Å²) in [4.78, 5) is 15.7. The van der Waals surface area contributed by atoms with E-state index in [1.807, 2.05) is 18.2 Å². The minimum Gasteiger partial charge on any atom is -0.366 e. The summed E-state index contributed by atoms with van der Waals surface area (Å²) in [7, 11) is 4.39. The van der Waals surface area contributed by atoms with Crippen molar-refractivity contribution in [3.63, 3.8) is 0 Å². The number of nitrogens with zero attached hydrogens (tertiary/aromatic N) is 1. The van der Waals surface area contributed by atoms with E-state index in [0.717, 1.165) is 17.4 Å². The maximum Gasteiger partial charge on any atom is 0.250 e. The molecule has 2 aromatic carbocycles. The van der Waals surface area contributed by atoms with Crippen LogP contribution in [0, 0.1) is 11.8 Å². The Labute approximate surface area is 177 Å². The van der Waals surface area contributed by atoms with E-state index in [1.54, 1.807) is 11.3 Å². The molecule has 1 aromatic heterocycles. The van der Waals surface area contributed by atoms with Crippen molar-refractivity contribution in [1.29, 1.82) is 0 Å². The van der Waals surface area contributed by atoms with Gasteiger partial charge in [-0.3, -0.25) is 4.79 Å². The van der Waals surface area contributed by atoms with Gasteiger partial charge < -0.3 is 10.6 Å². The largest absolute Gasteiger partial charge is 0.366 e. The normalized spacial score (nSPS) is 20.8. The lowest BCUT2D eigenvalue weighted by Crippen LogP contribution is -2.30. The third-order valence-electron chi connectivity index (χ3n) is 6.42. The number of fused-ring (bicyclic) bond motifs is 1. The molecule has 2 N–H and O–H groups in total. The highest BCUT2D eigenvalue weighted by atomic mass is 32.1. The van der Waals surface area contributed by atoms with Crippen LogP contribution in [-0.4, -0.2) is 24.9 Å². The summed E-state index contributed by atoms with van der Waals surface area (Å²) < 4.78 is 1.17. The average molecular weight is 407 g/mol. The number of thiophene rings is 1. The number of carbonyl (C=O) groups excluding carboxylic acids is 1. The average Bonchev–Trinajstić information content (AvgIpc) is 3.08. The van der Waals surface area contributed by atoms with Crippen LogP contribution in [0.4, 0.5) is 0 Å². The molecule has 0 radical (unpaired) electrons. The quantitative estimate of drug-likeness (QED) is 0.575. The van der Waals surface area contributed by atoms with E-state index < -0.39 is 0 Å². The number of hydrogen-bond acceptors (Lipinski definition) is 3. The van der Waals surface area contributed by atoms with Crippen molar-refractivity contribution in [1.82, 2.24) is 4.90 Å². The lowest BCUT2D eigenvalue weighted by Gasteiger charge is -2.37. The Kier molecular flexibility index (Phi) is 6.02. The van der Waals surface area contributed by atoms with Gasteiger partial charge in [0.2, 0.25) is 5.91 Å². The summed E-state index contributed by atoms with van der Waals surface area (Å²) in [5, 5.41) is 1.02. The second-order valence-corrected chi connectivity index (χ2v) is 9.70. The van der Waals surface area contributed by atoms with E-state index in [0.29, 0.717) is 17.9 Å². The molecule has 29 heavy (non-hydrogen) atoms. The molecule has 1 heterocycles. The molecular weight excluding hydrogens is 376 g/mol. The van der Waals surface area contributed by atoms with Crippen LogP contribution >= 0.6 is 11.3 Å². The molecule has 0 spiro atoms. The van der Waals surface area contributed by atoms with Gasteiger partial charge in [-0.2, -0.15) is 0 Å². The highest BCUT2D eigenvalue weighted by Crippen LogP contribution is 2.42. The molecule has 1 aliphatic rings. The second-order valence-electron chi connectivity index (χ2n) is 8.56. The van der Waals surface area contributed by atoms with Gasteiger partial charge in [-0.1, -0.05) is 48.5 Å². The van der Waals surface area contributed by atoms with E-state index in [2.05, 4.69) is 55.4 Å². The number of hydrogen-bond donors (Lipinski definition) is 1. The molecule has 1 amide bonds. The Bertz CT molecular complexity index is 971. The lowest BCUT2D eigenvalue weighted by molar-refractivity contribution is 0.100. The highest BCUT2D eigenvalue weighted by Gasteiger charge is 2.31. The van der Waals surface area contributed by atoms with E-state index in [4.69, 9.17) is 5.73 Å². The molecule has 0 saturated heterocycles. The van der Waals surface area contributed by atoms with Crippen molar-refractivity contribution in [2.45, 2.75) is 38.1 Å². The van der Waals surface area contributed by atoms with Crippen molar-refractivity contribution in [2.75, 3.05) is 14.1 Å². The molecule has 3 nitrogen and oxygen atoms in total. The second kappa shape index (κ2) is 8.68. The van der Waals surface area contributed by atoms with Crippen molar-refractivity contribution >= 4 is 27.3 Å². The van der Waals surface area contributed by atoms with Crippen molar-refractivity contribution in [3.8, 4) is 0 Å². The summed E-state index contributed by atoms with van der Waals surface area (Å²) in [5.74, 6) is 1.03. The molecule has 0 bridgehead atoms. The van der Waals surface area contributed by atoms with Crippen LogP contribution in [0.25, 0.3) is 10.1 Å². The minimum atomic E-state index is -0.289. The van der Waals surface area contributed by atoms with Gasteiger partial charge in [-0.25, -0.2) is 0 Å². The monoisotopic (exact) mass is 406 g/mol. The van der Waals surface area contributed by atoms with Crippen LogP contribution in [0.3, 0.4) is 0 Å². The van der Waals surface area contributed by atoms with E-state index in [-0.39, 0.29) is 5.91 Å². The number of rotatable bonds is 6. The standard InChI is InChI=1S/C25H30N2OS/c1-27(2)24(18-8-4-3-5-9-18)19-14-12-17(13-15-19)16-22-23(25(26)28)20-10-6-7-11-21(20)29-22/h3-11,17,19,24H,12-16H2,1-2H3,(H2,26,28). The number of amides is 1. The van der Waals surface area contributed by atoms with Gasteiger partial charge in [0.1, 0.15) is 0 Å². The lowest BCUT2D eigenvalue weighted by atomic mass is 9.75. The zero-order valence-corrected chi connectivity index (χ0v) is 18.1. The zero-order chi connectivity index (χ0) is 20.4. The zero-order valence-electron chi connectivity index (χ0n) is 17.3. The van der Waals surface area contributed by atoms with Crippen LogP contribution in [0.1, 0.15) is 52.5 Å². The molecule has 1 fully saturated rings. The highest BCUT2D eigenvalue weighted by molar-refractivity contribution is 7.19. The molecule has 3 aromatic rings. The summed E-state index contributed by atoms with van der Waals surface area (Å²) >= 11 is 1.75. The maximum atomic E-state index is 12.1. The Morgan fingerprint density at radius 2 is 1.69 bits per heavy atom. The number of benzene rings is 2. The predicted molar refractivity (Wildman–Crippen MR) is 122 cm³/mol. The SMILES string of the molecule is CN(C)C(c1ccccc1)C1CCC(Cc2sc3ccccc3c2C(N)=O)CC1. The van der Waals surface area contributed by atoms with E-state index >= 15 is 0 Å². The maximum absolute atomic E-state index is 12.1. The first-order chi connectivity index (χ1) is 14.0. The van der Waals surface area contributed by atoms with Crippen LogP contribution in [0.2, 0.25) is 0 Å². The number of primary amides is 1. The van der Waals surface area contributed by atoms with Gasteiger partial charge in [0, 0.05) is 21.0 Å². The summed E-state index contributed by atoms with van der Waals surface area (Å²) in [6, 6.07) is 19.5. The molecule has 4 heteroatoms. The van der Waals surface area contributed by atoms with Gasteiger partial charge in [0.25, 0.3) is 0 Å². The fourth-order valence-corrected chi connectivity index (χ4v) is 6.45. The molecule has 1 aliphatic carbocycles. The Balaban J connectivity index is 1.47. The summed E-state index contributed by atoms with van der Waals surface area (Å²) in [5.41, 5.74) is 7.92.